The molecule has 0 aromatic carbocycles. The van der Waals surface area contributed by atoms with Gasteiger partial charge in [0.2, 0.25) is 0 Å². The molecule has 2 unspecified atom stereocenters. The summed E-state index contributed by atoms with van der Waals surface area (Å²) in [7, 11) is 0. The predicted octanol–water partition coefficient (Wildman–Crippen LogP) is 7.21. The first-order chi connectivity index (χ1) is 16.0. The summed E-state index contributed by atoms with van der Waals surface area (Å²) in [6.07, 6.45) is 22.2. The Hall–Kier alpha value is -0.940. The third-order valence-electron chi connectivity index (χ3n) is 6.68. The molecule has 3 N–H and O–H groups in total. The van der Waals surface area contributed by atoms with E-state index in [4.69, 9.17) is 5.11 Å². The van der Waals surface area contributed by atoms with E-state index >= 15 is 0 Å². The van der Waals surface area contributed by atoms with Crippen LogP contribution < -0.4 is 0 Å². The smallest absolute Gasteiger partial charge is 0.316 e. The Labute approximate surface area is 203 Å². The molecule has 0 aromatic rings. The van der Waals surface area contributed by atoms with Gasteiger partial charge in [-0.15, -0.1) is 0 Å². The van der Waals surface area contributed by atoms with Gasteiger partial charge in [0.05, 0.1) is 6.10 Å². The SMILES string of the molecule is CCCCCCCCCCCC(O)C(C(=O)O)C(=O)CCCCCCCCCCCCCO. The number of unbranched alkanes of at least 4 members (excludes halogenated alkanes) is 18. The normalized spacial score (nSPS) is 13.2. The minimum absolute atomic E-state index is 0.261. The van der Waals surface area contributed by atoms with E-state index in [0.717, 1.165) is 51.4 Å². The second kappa shape index (κ2) is 24.2. The summed E-state index contributed by atoms with van der Waals surface area (Å²) in [6.45, 7) is 2.52. The van der Waals surface area contributed by atoms with Crippen LogP contribution in [-0.4, -0.2) is 39.8 Å². The van der Waals surface area contributed by atoms with Crippen LogP contribution in [0.15, 0.2) is 0 Å². The second-order valence-corrected chi connectivity index (χ2v) is 9.83. The first-order valence-electron chi connectivity index (χ1n) is 14.1. The fraction of sp³-hybridized carbons (Fsp3) is 0.929. The molecule has 196 valence electrons. The number of carboxylic acids is 1. The molecule has 0 aromatic heterocycles. The molecule has 0 bridgehead atoms. The monoisotopic (exact) mass is 470 g/mol. The number of aliphatic hydroxyl groups is 2. The highest BCUT2D eigenvalue weighted by Gasteiger charge is 2.32. The van der Waals surface area contributed by atoms with Crippen molar-refractivity contribution in [2.24, 2.45) is 5.92 Å². The molecule has 0 heterocycles. The minimum atomic E-state index is -1.26. The topological polar surface area (TPSA) is 94.8 Å². The highest BCUT2D eigenvalue weighted by molar-refractivity contribution is 5.98. The number of carbonyl (C=O) groups is 2. The number of carbonyl (C=O) groups excluding carboxylic acids is 1. The summed E-state index contributed by atoms with van der Waals surface area (Å²) < 4.78 is 0. The first-order valence-corrected chi connectivity index (χ1v) is 14.1. The van der Waals surface area contributed by atoms with Crippen molar-refractivity contribution in [1.29, 1.82) is 0 Å². The third-order valence-corrected chi connectivity index (χ3v) is 6.68. The number of carboxylic acid groups (broad SMARTS) is 1. The van der Waals surface area contributed by atoms with Gasteiger partial charge >= 0.3 is 5.97 Å². The van der Waals surface area contributed by atoms with Crippen LogP contribution in [0.1, 0.15) is 148 Å². The van der Waals surface area contributed by atoms with Gasteiger partial charge in [0.1, 0.15) is 11.7 Å². The molecule has 0 saturated carbocycles. The maximum absolute atomic E-state index is 12.4. The summed E-state index contributed by atoms with van der Waals surface area (Å²) >= 11 is 0. The van der Waals surface area contributed by atoms with E-state index in [0.29, 0.717) is 19.4 Å². The van der Waals surface area contributed by atoms with Crippen LogP contribution in [0.5, 0.6) is 0 Å². The van der Waals surface area contributed by atoms with Gasteiger partial charge in [-0.25, -0.2) is 0 Å². The van der Waals surface area contributed by atoms with Crippen LogP contribution in [0, 0.1) is 5.92 Å². The van der Waals surface area contributed by atoms with Crippen LogP contribution in [0.3, 0.4) is 0 Å². The van der Waals surface area contributed by atoms with E-state index in [1.807, 2.05) is 0 Å². The van der Waals surface area contributed by atoms with Crippen molar-refractivity contribution in [2.45, 2.75) is 154 Å². The van der Waals surface area contributed by atoms with Crippen LogP contribution in [-0.2, 0) is 9.59 Å². The molecule has 0 aliphatic heterocycles. The molecule has 0 rings (SSSR count). The maximum atomic E-state index is 12.4. The van der Waals surface area contributed by atoms with Gasteiger partial charge in [-0.05, 0) is 19.3 Å². The molecule has 0 saturated heterocycles. The fourth-order valence-corrected chi connectivity index (χ4v) is 4.51. The van der Waals surface area contributed by atoms with E-state index in [-0.39, 0.29) is 12.2 Å². The Kier molecular flexibility index (Phi) is 23.5. The summed E-state index contributed by atoms with van der Waals surface area (Å²) in [5.74, 6) is -2.75. The van der Waals surface area contributed by atoms with Crippen molar-refractivity contribution in [1.82, 2.24) is 0 Å². The minimum Gasteiger partial charge on any atom is -0.481 e. The van der Waals surface area contributed by atoms with Crippen molar-refractivity contribution >= 4 is 11.8 Å². The van der Waals surface area contributed by atoms with Crippen molar-refractivity contribution in [3.8, 4) is 0 Å². The zero-order valence-electron chi connectivity index (χ0n) is 21.6. The molecular weight excluding hydrogens is 416 g/mol. The van der Waals surface area contributed by atoms with Gasteiger partial charge < -0.3 is 15.3 Å². The van der Waals surface area contributed by atoms with E-state index < -0.39 is 18.0 Å². The van der Waals surface area contributed by atoms with Gasteiger partial charge in [-0.3, -0.25) is 9.59 Å². The number of Topliss-reactive ketones (excluding diaryl/α,β-unsaturated/α-hetero) is 1. The molecule has 33 heavy (non-hydrogen) atoms. The van der Waals surface area contributed by atoms with Crippen molar-refractivity contribution in [3.63, 3.8) is 0 Å². The molecule has 0 aliphatic carbocycles. The molecule has 0 aliphatic rings. The number of hydrogen-bond acceptors (Lipinski definition) is 4. The van der Waals surface area contributed by atoms with Crippen molar-refractivity contribution in [2.75, 3.05) is 6.61 Å². The van der Waals surface area contributed by atoms with Crippen LogP contribution >= 0.6 is 0 Å². The highest BCUT2D eigenvalue weighted by atomic mass is 16.4. The molecule has 5 heteroatoms. The largest absolute Gasteiger partial charge is 0.481 e. The Bertz CT molecular complexity index is 452. The van der Waals surface area contributed by atoms with Crippen LogP contribution in [0.4, 0.5) is 0 Å². The van der Waals surface area contributed by atoms with Gasteiger partial charge in [-0.2, -0.15) is 0 Å². The van der Waals surface area contributed by atoms with Gasteiger partial charge in [0.25, 0.3) is 0 Å². The second-order valence-electron chi connectivity index (χ2n) is 9.83. The zero-order chi connectivity index (χ0) is 24.6. The lowest BCUT2D eigenvalue weighted by atomic mass is 9.90. The number of ketones is 1. The molecule has 2 atom stereocenters. The molecule has 5 nitrogen and oxygen atoms in total. The van der Waals surface area contributed by atoms with Gasteiger partial charge in [-0.1, -0.05) is 122 Å². The van der Waals surface area contributed by atoms with E-state index in [2.05, 4.69) is 6.92 Å². The average molecular weight is 471 g/mol. The lowest BCUT2D eigenvalue weighted by Crippen LogP contribution is -2.35. The molecular formula is C28H54O5. The Morgan fingerprint density at radius 1 is 0.606 bits per heavy atom. The van der Waals surface area contributed by atoms with Gasteiger partial charge in [0.15, 0.2) is 0 Å². The van der Waals surface area contributed by atoms with E-state index in [1.54, 1.807) is 0 Å². The summed E-state index contributed by atoms with van der Waals surface area (Å²) in [4.78, 5) is 24.0. The van der Waals surface area contributed by atoms with Crippen molar-refractivity contribution in [3.05, 3.63) is 0 Å². The zero-order valence-corrected chi connectivity index (χ0v) is 21.6. The number of aliphatic carboxylic acids is 1. The summed E-state index contributed by atoms with van der Waals surface area (Å²) in [5, 5.41) is 28.5. The Morgan fingerprint density at radius 3 is 1.42 bits per heavy atom. The quantitative estimate of drug-likeness (QED) is 0.0916. The predicted molar refractivity (Wildman–Crippen MR) is 136 cm³/mol. The molecule has 0 radical (unpaired) electrons. The van der Waals surface area contributed by atoms with Gasteiger partial charge in [0, 0.05) is 13.0 Å². The van der Waals surface area contributed by atoms with Crippen LogP contribution in [0.25, 0.3) is 0 Å². The van der Waals surface area contributed by atoms with E-state index in [1.165, 1.54) is 70.6 Å². The molecule has 0 spiro atoms. The Morgan fingerprint density at radius 2 is 1.00 bits per heavy atom. The number of aliphatic hydroxyl groups excluding tert-OH is 2. The maximum Gasteiger partial charge on any atom is 0.316 e. The molecule has 0 fully saturated rings. The Balaban J connectivity index is 3.78. The lowest BCUT2D eigenvalue weighted by Gasteiger charge is -2.18. The van der Waals surface area contributed by atoms with E-state index in [9.17, 15) is 19.8 Å². The standard InChI is InChI=1S/C28H54O5/c1-2-3-4-5-6-10-13-16-19-22-25(30)27(28(32)33)26(31)23-20-17-14-11-8-7-9-12-15-18-21-24-29/h25,27,29-30H,2-24H2,1H3,(H,32,33). The van der Waals surface area contributed by atoms with Crippen LogP contribution in [0.2, 0.25) is 0 Å². The first kappa shape index (κ1) is 32.1. The summed E-state index contributed by atoms with van der Waals surface area (Å²) in [6, 6.07) is 0. The lowest BCUT2D eigenvalue weighted by molar-refractivity contribution is -0.151. The summed E-state index contributed by atoms with van der Waals surface area (Å²) in [5.41, 5.74) is 0. The number of rotatable bonds is 26. The third kappa shape index (κ3) is 20.2. The van der Waals surface area contributed by atoms with Crippen molar-refractivity contribution < 1.29 is 24.9 Å². The fourth-order valence-electron chi connectivity index (χ4n) is 4.51. The highest BCUT2D eigenvalue weighted by Crippen LogP contribution is 2.19. The average Bonchev–Trinajstić information content (AvgIpc) is 2.78. The molecule has 0 amide bonds. The number of hydrogen-bond donors (Lipinski definition) is 3.